The van der Waals surface area contributed by atoms with Crippen LogP contribution in [0.2, 0.25) is 0 Å². The van der Waals surface area contributed by atoms with Crippen LogP contribution in [0.4, 0.5) is 0 Å². The molecule has 2 atom stereocenters. The zero-order valence-corrected chi connectivity index (χ0v) is 15.1. The maximum atomic E-state index is 12.4. The van der Waals surface area contributed by atoms with E-state index in [0.717, 1.165) is 38.5 Å². The second-order valence-electron chi connectivity index (χ2n) is 8.00. The molecule has 2 aliphatic carbocycles. The van der Waals surface area contributed by atoms with Crippen molar-refractivity contribution in [1.29, 1.82) is 0 Å². The van der Waals surface area contributed by atoms with Crippen molar-refractivity contribution in [3.63, 3.8) is 0 Å². The molecule has 1 aromatic rings. The van der Waals surface area contributed by atoms with Gasteiger partial charge in [-0.05, 0) is 31.2 Å². The van der Waals surface area contributed by atoms with Crippen LogP contribution in [0.3, 0.4) is 0 Å². The van der Waals surface area contributed by atoms with Crippen LogP contribution >= 0.6 is 0 Å². The van der Waals surface area contributed by atoms with Crippen molar-refractivity contribution in [2.45, 2.75) is 50.4 Å². The number of carbonyl (C=O) groups is 3. The van der Waals surface area contributed by atoms with Crippen molar-refractivity contribution in [3.05, 3.63) is 35.9 Å². The summed E-state index contributed by atoms with van der Waals surface area (Å²) < 4.78 is 0. The molecule has 1 N–H and O–H groups in total. The number of nitrogens with zero attached hydrogens (tertiary/aromatic N) is 1. The Balaban J connectivity index is 1.28. The lowest BCUT2D eigenvalue weighted by molar-refractivity contribution is -0.140. The molecule has 1 saturated heterocycles. The summed E-state index contributed by atoms with van der Waals surface area (Å²) in [6.45, 7) is 0.845. The van der Waals surface area contributed by atoms with Gasteiger partial charge in [0.15, 0.2) is 0 Å². The maximum absolute atomic E-state index is 12.4. The van der Waals surface area contributed by atoms with Gasteiger partial charge >= 0.3 is 0 Å². The SMILES string of the molecule is O=C(CCN1C(=O)C2CCCCC2C1=O)NCC1(c2ccccc2)CC1. The first-order valence-electron chi connectivity index (χ1n) is 9.78. The number of rotatable bonds is 6. The van der Waals surface area contributed by atoms with Gasteiger partial charge in [0, 0.05) is 24.9 Å². The normalized spacial score (nSPS) is 26.5. The van der Waals surface area contributed by atoms with Gasteiger partial charge in [-0.1, -0.05) is 43.2 Å². The molecule has 0 aromatic heterocycles. The first-order valence-corrected chi connectivity index (χ1v) is 9.78. The third kappa shape index (κ3) is 3.15. The fourth-order valence-electron chi connectivity index (χ4n) is 4.53. The average Bonchev–Trinajstić information content (AvgIpc) is 3.43. The van der Waals surface area contributed by atoms with Crippen molar-refractivity contribution >= 4 is 17.7 Å². The molecule has 0 radical (unpaired) electrons. The van der Waals surface area contributed by atoms with Gasteiger partial charge in [-0.3, -0.25) is 19.3 Å². The standard InChI is InChI=1S/C21H26N2O3/c24-18(22-14-21(11-12-21)15-6-2-1-3-7-15)10-13-23-19(25)16-8-4-5-9-17(16)20(23)26/h1-3,6-7,16-17H,4-5,8-14H2,(H,22,24). The molecule has 2 saturated carbocycles. The number of likely N-dealkylation sites (tertiary alicyclic amines) is 1. The first-order chi connectivity index (χ1) is 12.6. The van der Waals surface area contributed by atoms with Crippen LogP contribution < -0.4 is 5.32 Å². The fraction of sp³-hybridized carbons (Fsp3) is 0.571. The summed E-state index contributed by atoms with van der Waals surface area (Å²) in [5.74, 6) is -0.465. The van der Waals surface area contributed by atoms with E-state index in [9.17, 15) is 14.4 Å². The van der Waals surface area contributed by atoms with Crippen molar-refractivity contribution in [2.75, 3.05) is 13.1 Å². The molecule has 1 aliphatic heterocycles. The lowest BCUT2D eigenvalue weighted by Crippen LogP contribution is -2.37. The number of carbonyl (C=O) groups excluding carboxylic acids is 3. The molecule has 3 aliphatic rings. The van der Waals surface area contributed by atoms with Gasteiger partial charge in [0.1, 0.15) is 0 Å². The van der Waals surface area contributed by atoms with Gasteiger partial charge < -0.3 is 5.32 Å². The summed E-state index contributed by atoms with van der Waals surface area (Å²) in [6.07, 6.45) is 6.05. The van der Waals surface area contributed by atoms with Gasteiger partial charge in [0.2, 0.25) is 17.7 Å². The minimum absolute atomic E-state index is 0.0598. The Bertz CT molecular complexity index is 687. The van der Waals surface area contributed by atoms with E-state index in [-0.39, 0.29) is 47.9 Å². The van der Waals surface area contributed by atoms with E-state index in [1.54, 1.807) is 0 Å². The quantitative estimate of drug-likeness (QED) is 0.798. The Morgan fingerprint density at radius 2 is 1.65 bits per heavy atom. The number of fused-ring (bicyclic) bond motifs is 1. The van der Waals surface area contributed by atoms with Gasteiger partial charge in [-0.15, -0.1) is 0 Å². The molecule has 4 rings (SSSR count). The van der Waals surface area contributed by atoms with Crippen molar-refractivity contribution in [3.8, 4) is 0 Å². The first kappa shape index (κ1) is 17.3. The van der Waals surface area contributed by atoms with Crippen LogP contribution in [0.5, 0.6) is 0 Å². The lowest BCUT2D eigenvalue weighted by atomic mass is 9.81. The highest BCUT2D eigenvalue weighted by atomic mass is 16.2. The van der Waals surface area contributed by atoms with Gasteiger partial charge in [0.25, 0.3) is 0 Å². The fourth-order valence-corrected chi connectivity index (χ4v) is 4.53. The highest BCUT2D eigenvalue weighted by molar-refractivity contribution is 6.05. The highest BCUT2D eigenvalue weighted by Gasteiger charge is 2.48. The number of hydrogen-bond acceptors (Lipinski definition) is 3. The van der Waals surface area contributed by atoms with Crippen molar-refractivity contribution in [2.24, 2.45) is 11.8 Å². The molecule has 1 heterocycles. The summed E-state index contributed by atoms with van der Waals surface area (Å²) in [5, 5.41) is 3.01. The summed E-state index contributed by atoms with van der Waals surface area (Å²) >= 11 is 0. The van der Waals surface area contributed by atoms with E-state index in [2.05, 4.69) is 17.4 Å². The maximum Gasteiger partial charge on any atom is 0.233 e. The zero-order chi connectivity index (χ0) is 18.1. The third-order valence-electron chi connectivity index (χ3n) is 6.36. The number of imide groups is 1. The summed E-state index contributed by atoms with van der Waals surface area (Å²) in [6, 6.07) is 10.3. The Kier molecular flexibility index (Phi) is 4.55. The van der Waals surface area contributed by atoms with Gasteiger partial charge in [-0.25, -0.2) is 0 Å². The van der Waals surface area contributed by atoms with Crippen LogP contribution in [0.15, 0.2) is 30.3 Å². The van der Waals surface area contributed by atoms with Crippen molar-refractivity contribution < 1.29 is 14.4 Å². The topological polar surface area (TPSA) is 66.5 Å². The molecule has 0 spiro atoms. The number of nitrogens with one attached hydrogen (secondary N) is 1. The largest absolute Gasteiger partial charge is 0.355 e. The molecule has 26 heavy (non-hydrogen) atoms. The molecule has 1 aromatic carbocycles. The molecule has 138 valence electrons. The van der Waals surface area contributed by atoms with E-state index < -0.39 is 0 Å². The van der Waals surface area contributed by atoms with Gasteiger partial charge in [-0.2, -0.15) is 0 Å². The van der Waals surface area contributed by atoms with Crippen LogP contribution in [-0.4, -0.2) is 35.7 Å². The molecular weight excluding hydrogens is 328 g/mol. The molecule has 3 fully saturated rings. The molecule has 5 heteroatoms. The second-order valence-corrected chi connectivity index (χ2v) is 8.00. The van der Waals surface area contributed by atoms with E-state index >= 15 is 0 Å². The average molecular weight is 354 g/mol. The smallest absolute Gasteiger partial charge is 0.233 e. The Morgan fingerprint density at radius 3 is 2.23 bits per heavy atom. The molecular formula is C21H26N2O3. The van der Waals surface area contributed by atoms with Crippen LogP contribution in [-0.2, 0) is 19.8 Å². The zero-order valence-electron chi connectivity index (χ0n) is 15.1. The summed E-state index contributed by atoms with van der Waals surface area (Å²) in [7, 11) is 0. The monoisotopic (exact) mass is 354 g/mol. The van der Waals surface area contributed by atoms with E-state index in [1.165, 1.54) is 10.5 Å². The number of benzene rings is 1. The van der Waals surface area contributed by atoms with Crippen LogP contribution in [0.1, 0.15) is 50.5 Å². The third-order valence-corrected chi connectivity index (χ3v) is 6.36. The van der Waals surface area contributed by atoms with E-state index in [4.69, 9.17) is 0 Å². The molecule has 5 nitrogen and oxygen atoms in total. The van der Waals surface area contributed by atoms with Gasteiger partial charge in [0.05, 0.1) is 11.8 Å². The highest BCUT2D eigenvalue weighted by Crippen LogP contribution is 2.47. The minimum atomic E-state index is -0.132. The predicted molar refractivity (Wildman–Crippen MR) is 97.1 cm³/mol. The minimum Gasteiger partial charge on any atom is -0.355 e. The molecule has 0 bridgehead atoms. The Labute approximate surface area is 154 Å². The number of amides is 3. The second kappa shape index (κ2) is 6.86. The summed E-state index contributed by atoms with van der Waals surface area (Å²) in [4.78, 5) is 38.5. The van der Waals surface area contributed by atoms with Crippen molar-refractivity contribution in [1.82, 2.24) is 10.2 Å². The van der Waals surface area contributed by atoms with E-state index in [0.29, 0.717) is 6.54 Å². The Hall–Kier alpha value is -2.17. The molecule has 3 amide bonds. The van der Waals surface area contributed by atoms with E-state index in [1.807, 2.05) is 18.2 Å². The Morgan fingerprint density at radius 1 is 1.04 bits per heavy atom. The van der Waals surface area contributed by atoms with Crippen LogP contribution in [0, 0.1) is 11.8 Å². The van der Waals surface area contributed by atoms with Crippen LogP contribution in [0.25, 0.3) is 0 Å². The summed E-state index contributed by atoms with van der Waals surface area (Å²) in [5.41, 5.74) is 1.35. The number of hydrogen-bond donors (Lipinski definition) is 1. The lowest BCUT2D eigenvalue weighted by Gasteiger charge is -2.19. The molecule has 2 unspecified atom stereocenters. The predicted octanol–water partition coefficient (Wildman–Crippen LogP) is 2.40.